The largest absolute Gasteiger partial charge is 0.395 e. The van der Waals surface area contributed by atoms with Crippen molar-refractivity contribution >= 4 is 28.5 Å². The van der Waals surface area contributed by atoms with Gasteiger partial charge in [-0.2, -0.15) is 0 Å². The fourth-order valence-corrected chi connectivity index (χ4v) is 2.91. The van der Waals surface area contributed by atoms with E-state index in [2.05, 4.69) is 15.3 Å². The minimum Gasteiger partial charge on any atom is -0.395 e. The van der Waals surface area contributed by atoms with E-state index >= 15 is 0 Å². The van der Waals surface area contributed by atoms with E-state index in [9.17, 15) is 0 Å². The number of hydrogen-bond acceptors (Lipinski definition) is 5. The predicted molar refractivity (Wildman–Crippen MR) is 103 cm³/mol. The van der Waals surface area contributed by atoms with Gasteiger partial charge in [-0.1, -0.05) is 11.6 Å². The molecule has 0 radical (unpaired) electrons. The van der Waals surface area contributed by atoms with Crippen LogP contribution in [-0.2, 0) is 0 Å². The summed E-state index contributed by atoms with van der Waals surface area (Å²) >= 11 is 6.04. The van der Waals surface area contributed by atoms with Crippen molar-refractivity contribution < 1.29 is 5.11 Å². The van der Waals surface area contributed by atoms with Gasteiger partial charge in [0.1, 0.15) is 11.6 Å². The lowest BCUT2D eigenvalue weighted by molar-refractivity contribution is 0.311. The van der Waals surface area contributed by atoms with E-state index in [1.807, 2.05) is 47.0 Å². The first-order chi connectivity index (χ1) is 12.8. The summed E-state index contributed by atoms with van der Waals surface area (Å²) < 4.78 is 2.04. The lowest BCUT2D eigenvalue weighted by atomic mass is 10.2. The summed E-state index contributed by atoms with van der Waals surface area (Å²) in [4.78, 5) is 13.4. The second-order valence-corrected chi connectivity index (χ2v) is 6.13. The van der Waals surface area contributed by atoms with Crippen LogP contribution in [0, 0.1) is 0 Å². The highest BCUT2D eigenvalue weighted by atomic mass is 35.5. The number of aromatic nitrogens is 4. The van der Waals surface area contributed by atoms with Gasteiger partial charge in [-0.25, -0.2) is 9.97 Å². The molecule has 0 bridgehead atoms. The summed E-state index contributed by atoms with van der Waals surface area (Å²) in [5.74, 6) is 1.48. The van der Waals surface area contributed by atoms with E-state index in [0.717, 1.165) is 28.1 Å². The molecule has 0 atom stereocenters. The number of aliphatic hydroxyl groups is 1. The lowest BCUT2D eigenvalue weighted by Gasteiger charge is -2.10. The first kappa shape index (κ1) is 16.5. The van der Waals surface area contributed by atoms with E-state index in [-0.39, 0.29) is 6.61 Å². The number of aliphatic hydroxyl groups excluding tert-OH is 1. The highest BCUT2D eigenvalue weighted by molar-refractivity contribution is 6.30. The summed E-state index contributed by atoms with van der Waals surface area (Å²) in [5.41, 5.74) is 3.59. The Morgan fingerprint density at radius 1 is 1.04 bits per heavy atom. The molecule has 0 saturated carbocycles. The Labute approximate surface area is 155 Å². The topological polar surface area (TPSA) is 75.9 Å². The third-order valence-corrected chi connectivity index (χ3v) is 4.23. The molecule has 4 rings (SSSR count). The average Bonchev–Trinajstić information content (AvgIpc) is 3.07. The van der Waals surface area contributed by atoms with Gasteiger partial charge in [-0.3, -0.25) is 9.55 Å². The average molecular weight is 366 g/mol. The third-order valence-electron chi connectivity index (χ3n) is 3.98. The SMILES string of the molecule is OCCNc1ccc(-c2nc3ccncc3n2-c2ccc(Cl)cc2)cn1. The van der Waals surface area contributed by atoms with Crippen LogP contribution >= 0.6 is 11.6 Å². The molecule has 0 spiro atoms. The molecule has 1 aromatic carbocycles. The summed E-state index contributed by atoms with van der Waals surface area (Å²) in [5, 5.41) is 12.6. The standard InChI is InChI=1S/C19H16ClN5O/c20-14-2-4-15(5-3-14)25-17-12-21-8-7-16(17)24-19(25)13-1-6-18(23-11-13)22-9-10-26/h1-8,11-12,26H,9-10H2,(H,22,23). The van der Waals surface area contributed by atoms with Crippen LogP contribution in [0.4, 0.5) is 5.82 Å². The zero-order valence-electron chi connectivity index (χ0n) is 13.8. The Balaban J connectivity index is 1.84. The molecule has 0 unspecified atom stereocenters. The second-order valence-electron chi connectivity index (χ2n) is 5.69. The third kappa shape index (κ3) is 3.12. The van der Waals surface area contributed by atoms with E-state index in [1.165, 1.54) is 0 Å². The van der Waals surface area contributed by atoms with E-state index in [4.69, 9.17) is 21.7 Å². The van der Waals surface area contributed by atoms with Crippen LogP contribution in [0.1, 0.15) is 0 Å². The normalized spacial score (nSPS) is 11.0. The fourth-order valence-electron chi connectivity index (χ4n) is 2.78. The van der Waals surface area contributed by atoms with Crippen LogP contribution in [0.15, 0.2) is 61.1 Å². The van der Waals surface area contributed by atoms with Crippen molar-refractivity contribution in [3.63, 3.8) is 0 Å². The van der Waals surface area contributed by atoms with Gasteiger partial charge in [-0.05, 0) is 42.5 Å². The van der Waals surface area contributed by atoms with Gasteiger partial charge in [0.15, 0.2) is 0 Å². The van der Waals surface area contributed by atoms with Gasteiger partial charge in [-0.15, -0.1) is 0 Å². The number of imidazole rings is 1. The predicted octanol–water partition coefficient (Wildman–Crippen LogP) is 3.54. The minimum absolute atomic E-state index is 0.0583. The van der Waals surface area contributed by atoms with Crippen LogP contribution in [0.3, 0.4) is 0 Å². The van der Waals surface area contributed by atoms with Crippen molar-refractivity contribution in [2.75, 3.05) is 18.5 Å². The van der Waals surface area contributed by atoms with Crippen molar-refractivity contribution in [3.05, 3.63) is 66.1 Å². The molecule has 3 aromatic heterocycles. The van der Waals surface area contributed by atoms with Gasteiger partial charge < -0.3 is 10.4 Å². The number of halogens is 1. The number of nitrogens with zero attached hydrogens (tertiary/aromatic N) is 4. The number of nitrogens with one attached hydrogen (secondary N) is 1. The molecule has 0 aliphatic carbocycles. The van der Waals surface area contributed by atoms with Crippen LogP contribution in [0.2, 0.25) is 5.02 Å². The highest BCUT2D eigenvalue weighted by Gasteiger charge is 2.14. The molecule has 7 heteroatoms. The first-order valence-electron chi connectivity index (χ1n) is 8.16. The molecular weight excluding hydrogens is 350 g/mol. The lowest BCUT2D eigenvalue weighted by Crippen LogP contribution is -2.06. The van der Waals surface area contributed by atoms with Gasteiger partial charge in [0, 0.05) is 35.2 Å². The maximum atomic E-state index is 8.90. The molecular formula is C19H16ClN5O. The molecule has 0 aliphatic heterocycles. The van der Waals surface area contributed by atoms with Crippen molar-refractivity contribution in [2.45, 2.75) is 0 Å². The van der Waals surface area contributed by atoms with Crippen LogP contribution < -0.4 is 5.32 Å². The molecule has 0 fully saturated rings. The van der Waals surface area contributed by atoms with E-state index < -0.39 is 0 Å². The molecule has 0 aliphatic rings. The molecule has 130 valence electrons. The van der Waals surface area contributed by atoms with Crippen molar-refractivity contribution in [1.82, 2.24) is 19.5 Å². The number of pyridine rings is 2. The number of hydrogen-bond donors (Lipinski definition) is 2. The summed E-state index contributed by atoms with van der Waals surface area (Å²) in [6.45, 7) is 0.518. The fraction of sp³-hybridized carbons (Fsp3) is 0.105. The van der Waals surface area contributed by atoms with Crippen molar-refractivity contribution in [1.29, 1.82) is 0 Å². The molecule has 0 amide bonds. The maximum Gasteiger partial charge on any atom is 0.147 e. The Bertz CT molecular complexity index is 1030. The zero-order chi connectivity index (χ0) is 17.9. The van der Waals surface area contributed by atoms with Crippen molar-refractivity contribution in [3.8, 4) is 17.1 Å². The summed E-state index contributed by atoms with van der Waals surface area (Å²) in [6.07, 6.45) is 5.29. The number of rotatable bonds is 5. The maximum absolute atomic E-state index is 8.90. The highest BCUT2D eigenvalue weighted by Crippen LogP contribution is 2.28. The van der Waals surface area contributed by atoms with Crippen molar-refractivity contribution in [2.24, 2.45) is 0 Å². The monoisotopic (exact) mass is 365 g/mol. The van der Waals surface area contributed by atoms with Gasteiger partial charge in [0.25, 0.3) is 0 Å². The number of fused-ring (bicyclic) bond motifs is 1. The Morgan fingerprint density at radius 3 is 2.62 bits per heavy atom. The Kier molecular flexibility index (Phi) is 4.51. The number of benzene rings is 1. The zero-order valence-corrected chi connectivity index (χ0v) is 14.6. The van der Waals surface area contributed by atoms with Crippen LogP contribution in [-0.4, -0.2) is 37.8 Å². The van der Waals surface area contributed by atoms with E-state index in [0.29, 0.717) is 17.4 Å². The minimum atomic E-state index is 0.0583. The Hall–Kier alpha value is -2.96. The van der Waals surface area contributed by atoms with Gasteiger partial charge in [0.05, 0.1) is 23.8 Å². The first-order valence-corrected chi connectivity index (χ1v) is 8.53. The quantitative estimate of drug-likeness (QED) is 0.565. The molecule has 6 nitrogen and oxygen atoms in total. The second kappa shape index (κ2) is 7.11. The summed E-state index contributed by atoms with van der Waals surface area (Å²) in [6, 6.07) is 13.3. The molecule has 3 heterocycles. The molecule has 0 saturated heterocycles. The molecule has 26 heavy (non-hydrogen) atoms. The van der Waals surface area contributed by atoms with Crippen LogP contribution in [0.5, 0.6) is 0 Å². The molecule has 4 aromatic rings. The van der Waals surface area contributed by atoms with Gasteiger partial charge >= 0.3 is 0 Å². The number of anilines is 1. The summed E-state index contributed by atoms with van der Waals surface area (Å²) in [7, 11) is 0. The van der Waals surface area contributed by atoms with E-state index in [1.54, 1.807) is 18.6 Å². The smallest absolute Gasteiger partial charge is 0.147 e. The van der Waals surface area contributed by atoms with Crippen LogP contribution in [0.25, 0.3) is 28.1 Å². The molecule has 2 N–H and O–H groups in total. The Morgan fingerprint density at radius 2 is 1.88 bits per heavy atom. The van der Waals surface area contributed by atoms with Gasteiger partial charge in [0.2, 0.25) is 0 Å².